The monoisotopic (exact) mass is 415 g/mol. The molecule has 21 heavy (non-hydrogen) atoms. The van der Waals surface area contributed by atoms with Crippen LogP contribution in [0.5, 0.6) is 0 Å². The van der Waals surface area contributed by atoms with E-state index < -0.39 is 10.0 Å². The lowest BCUT2D eigenvalue weighted by molar-refractivity contribution is 0.149. The Morgan fingerprint density at radius 2 is 2.14 bits per heavy atom. The molecule has 1 atom stereocenters. The summed E-state index contributed by atoms with van der Waals surface area (Å²) in [4.78, 5) is 0.103. The Kier molecular flexibility index (Phi) is 5.96. The zero-order chi connectivity index (χ0) is 15.6. The highest BCUT2D eigenvalue weighted by Gasteiger charge is 2.36. The average Bonchev–Trinajstić information content (AvgIpc) is 2.88. The molecule has 0 bridgehead atoms. The lowest BCUT2D eigenvalue weighted by Crippen LogP contribution is -2.38. The van der Waals surface area contributed by atoms with Gasteiger partial charge in [0.1, 0.15) is 4.90 Å². The van der Waals surface area contributed by atoms with Gasteiger partial charge in [0.15, 0.2) is 0 Å². The largest absolute Gasteiger partial charge is 0.383 e. The zero-order valence-electron chi connectivity index (χ0n) is 11.5. The van der Waals surface area contributed by atoms with Crippen LogP contribution in [0.3, 0.4) is 0 Å². The first-order valence-electron chi connectivity index (χ1n) is 6.47. The number of benzene rings is 1. The molecule has 8 heteroatoms. The van der Waals surface area contributed by atoms with Crippen molar-refractivity contribution in [2.24, 2.45) is 0 Å². The van der Waals surface area contributed by atoms with Crippen molar-refractivity contribution in [3.05, 3.63) is 27.7 Å². The molecule has 0 aromatic heterocycles. The Bertz CT molecular complexity index is 624. The van der Waals surface area contributed by atoms with Crippen molar-refractivity contribution in [1.29, 1.82) is 0 Å². The first-order valence-corrected chi connectivity index (χ1v) is 9.78. The maximum atomic E-state index is 12.8. The van der Waals surface area contributed by atoms with Crippen molar-refractivity contribution in [2.75, 3.05) is 20.3 Å². The average molecular weight is 417 g/mol. The Labute approximate surface area is 143 Å². The van der Waals surface area contributed by atoms with E-state index in [4.69, 9.17) is 27.9 Å². The summed E-state index contributed by atoms with van der Waals surface area (Å²) in [7, 11) is -2.08. The third-order valence-corrected chi connectivity index (χ3v) is 7.01. The molecule has 1 unspecified atom stereocenters. The highest BCUT2D eigenvalue weighted by Crippen LogP contribution is 2.36. The van der Waals surface area contributed by atoms with Gasteiger partial charge in [0, 0.05) is 35.6 Å². The molecule has 0 N–H and O–H groups in total. The SMILES string of the molecule is COCC1CCCN1S(=O)(=O)c1ccc(Cl)c(CBr)c1Cl. The predicted octanol–water partition coefficient (Wildman–Crippen LogP) is 3.69. The molecule has 0 radical (unpaired) electrons. The van der Waals surface area contributed by atoms with Crippen LogP contribution in [0.4, 0.5) is 0 Å². The summed E-state index contributed by atoms with van der Waals surface area (Å²) >= 11 is 15.6. The summed E-state index contributed by atoms with van der Waals surface area (Å²) < 4.78 is 32.3. The number of sulfonamides is 1. The molecule has 4 nitrogen and oxygen atoms in total. The van der Waals surface area contributed by atoms with Crippen molar-refractivity contribution in [3.8, 4) is 0 Å². The lowest BCUT2D eigenvalue weighted by Gasteiger charge is -2.24. The van der Waals surface area contributed by atoms with Crippen LogP contribution < -0.4 is 0 Å². The van der Waals surface area contributed by atoms with Gasteiger partial charge in [0.2, 0.25) is 10.0 Å². The summed E-state index contributed by atoms with van der Waals surface area (Å²) in [5, 5.41) is 1.03. The number of hydrogen-bond donors (Lipinski definition) is 0. The molecule has 0 spiro atoms. The molecular weight excluding hydrogens is 401 g/mol. The van der Waals surface area contributed by atoms with E-state index in [1.807, 2.05) is 0 Å². The Balaban J connectivity index is 2.45. The molecule has 2 rings (SSSR count). The van der Waals surface area contributed by atoms with Crippen LogP contribution in [-0.4, -0.2) is 39.0 Å². The Morgan fingerprint density at radius 1 is 1.43 bits per heavy atom. The first kappa shape index (κ1) is 17.5. The van der Waals surface area contributed by atoms with Gasteiger partial charge < -0.3 is 4.74 Å². The second-order valence-electron chi connectivity index (χ2n) is 4.84. The summed E-state index contributed by atoms with van der Waals surface area (Å²) in [6.07, 6.45) is 1.62. The maximum Gasteiger partial charge on any atom is 0.244 e. The van der Waals surface area contributed by atoms with Gasteiger partial charge in [-0.15, -0.1) is 0 Å². The fraction of sp³-hybridized carbons (Fsp3) is 0.538. The number of alkyl halides is 1. The third kappa shape index (κ3) is 3.41. The van der Waals surface area contributed by atoms with Gasteiger partial charge in [-0.25, -0.2) is 8.42 Å². The van der Waals surface area contributed by atoms with Crippen LogP contribution in [0.1, 0.15) is 18.4 Å². The fourth-order valence-electron chi connectivity index (χ4n) is 2.51. The van der Waals surface area contributed by atoms with Crippen molar-refractivity contribution >= 4 is 49.2 Å². The molecule has 0 aliphatic carbocycles. The van der Waals surface area contributed by atoms with Crippen molar-refractivity contribution in [1.82, 2.24) is 4.31 Å². The summed E-state index contributed by atoms with van der Waals surface area (Å²) in [6.45, 7) is 0.870. The molecular formula is C13H16BrCl2NO3S. The van der Waals surface area contributed by atoms with Crippen LogP contribution in [0.25, 0.3) is 0 Å². The topological polar surface area (TPSA) is 46.6 Å². The van der Waals surface area contributed by atoms with Crippen molar-refractivity contribution < 1.29 is 13.2 Å². The molecule has 0 amide bonds. The molecule has 1 aromatic rings. The van der Waals surface area contributed by atoms with E-state index in [9.17, 15) is 8.42 Å². The van der Waals surface area contributed by atoms with Crippen LogP contribution in [-0.2, 0) is 20.1 Å². The van der Waals surface area contributed by atoms with E-state index in [1.54, 1.807) is 13.2 Å². The second-order valence-corrected chi connectivity index (χ2v) is 8.04. The van der Waals surface area contributed by atoms with Crippen LogP contribution in [0.2, 0.25) is 10.0 Å². The third-order valence-electron chi connectivity index (χ3n) is 3.55. The summed E-state index contributed by atoms with van der Waals surface area (Å²) in [5.74, 6) is 0. The zero-order valence-corrected chi connectivity index (χ0v) is 15.4. The standard InChI is InChI=1S/C13H16BrCl2NO3S/c1-20-8-9-3-2-6-17(9)21(18,19)12-5-4-11(15)10(7-14)13(12)16/h4-5,9H,2-3,6-8H2,1H3. The Hall–Kier alpha value is 0.150. The van der Waals surface area contributed by atoms with Crippen LogP contribution in [0.15, 0.2) is 17.0 Å². The number of halogens is 3. The van der Waals surface area contributed by atoms with E-state index in [0.717, 1.165) is 12.8 Å². The fourth-order valence-corrected chi connectivity index (χ4v) is 5.98. The van der Waals surface area contributed by atoms with Gasteiger partial charge in [-0.3, -0.25) is 0 Å². The normalized spacial score (nSPS) is 20.1. The molecule has 1 fully saturated rings. The smallest absolute Gasteiger partial charge is 0.244 e. The van der Waals surface area contributed by atoms with Gasteiger partial charge in [-0.2, -0.15) is 4.31 Å². The molecule has 118 valence electrons. The molecule has 0 saturated carbocycles. The van der Waals surface area contributed by atoms with Gasteiger partial charge in [0.05, 0.1) is 11.6 Å². The summed E-state index contributed by atoms with van der Waals surface area (Å²) in [6, 6.07) is 2.89. The highest BCUT2D eigenvalue weighted by molar-refractivity contribution is 9.08. The molecule has 1 aliphatic rings. The minimum absolute atomic E-state index is 0.103. The first-order chi connectivity index (χ1) is 9.93. The van der Waals surface area contributed by atoms with Gasteiger partial charge >= 0.3 is 0 Å². The van der Waals surface area contributed by atoms with Gasteiger partial charge in [-0.1, -0.05) is 39.1 Å². The lowest BCUT2D eigenvalue weighted by atomic mass is 10.2. The van der Waals surface area contributed by atoms with Crippen molar-refractivity contribution in [2.45, 2.75) is 29.1 Å². The van der Waals surface area contributed by atoms with Crippen LogP contribution >= 0.6 is 39.1 Å². The molecule has 1 heterocycles. The van der Waals surface area contributed by atoms with Crippen LogP contribution in [0, 0.1) is 0 Å². The van der Waals surface area contributed by atoms with E-state index in [2.05, 4.69) is 15.9 Å². The van der Waals surface area contributed by atoms with E-state index in [-0.39, 0.29) is 16.0 Å². The molecule has 1 aromatic carbocycles. The van der Waals surface area contributed by atoms with E-state index in [0.29, 0.717) is 29.1 Å². The number of nitrogens with zero attached hydrogens (tertiary/aromatic N) is 1. The minimum atomic E-state index is -3.65. The van der Waals surface area contributed by atoms with Gasteiger partial charge in [-0.05, 0) is 25.0 Å². The van der Waals surface area contributed by atoms with Crippen molar-refractivity contribution in [3.63, 3.8) is 0 Å². The molecule has 1 saturated heterocycles. The van der Waals surface area contributed by atoms with E-state index >= 15 is 0 Å². The maximum absolute atomic E-state index is 12.8. The number of rotatable bonds is 5. The number of methoxy groups -OCH3 is 1. The summed E-state index contributed by atoms with van der Waals surface area (Å²) in [5.41, 5.74) is 0.585. The minimum Gasteiger partial charge on any atom is -0.383 e. The number of ether oxygens (including phenoxy) is 1. The number of hydrogen-bond acceptors (Lipinski definition) is 3. The second kappa shape index (κ2) is 7.15. The van der Waals surface area contributed by atoms with E-state index in [1.165, 1.54) is 10.4 Å². The quantitative estimate of drug-likeness (QED) is 0.687. The molecule has 1 aliphatic heterocycles. The Morgan fingerprint density at radius 3 is 2.76 bits per heavy atom. The predicted molar refractivity (Wildman–Crippen MR) is 87.9 cm³/mol. The van der Waals surface area contributed by atoms with Gasteiger partial charge in [0.25, 0.3) is 0 Å². The highest BCUT2D eigenvalue weighted by atomic mass is 79.9.